The van der Waals surface area contributed by atoms with Gasteiger partial charge in [-0.1, -0.05) is 13.8 Å². The highest BCUT2D eigenvalue weighted by molar-refractivity contribution is 5.99. The fraction of sp³-hybridized carbons (Fsp3) is 0.524. The van der Waals surface area contributed by atoms with Crippen molar-refractivity contribution in [1.29, 1.82) is 0 Å². The zero-order valence-electron chi connectivity index (χ0n) is 17.1. The molecule has 0 spiro atoms. The Morgan fingerprint density at radius 2 is 2.17 bits per heavy atom. The molecule has 156 valence electrons. The van der Waals surface area contributed by atoms with Crippen molar-refractivity contribution in [3.8, 4) is 11.3 Å². The Balaban J connectivity index is 2.28. The Morgan fingerprint density at radius 1 is 1.38 bits per heavy atom. The molecule has 0 radical (unpaired) electrons. The molecule has 0 fully saturated rings. The molecule has 2 aromatic rings. The van der Waals surface area contributed by atoms with Gasteiger partial charge in [-0.2, -0.15) is 0 Å². The standard InChI is InChI=1S/C21H28N4O4/c1-4-29-20(27)19-15(12-28-8-5-22)25-13-9-21(2,3)10-16(26)17(13)18(19)14-11-23-6-7-24-14/h6-7,11,16,26H,4-5,8-10,12,22H2,1-3H3. The van der Waals surface area contributed by atoms with Crippen molar-refractivity contribution < 1.29 is 19.4 Å². The number of hydrogen-bond acceptors (Lipinski definition) is 8. The van der Waals surface area contributed by atoms with Crippen molar-refractivity contribution in [3.63, 3.8) is 0 Å². The van der Waals surface area contributed by atoms with E-state index in [4.69, 9.17) is 20.2 Å². The first-order valence-corrected chi connectivity index (χ1v) is 9.83. The number of ether oxygens (including phenoxy) is 2. The van der Waals surface area contributed by atoms with Crippen LogP contribution in [0.4, 0.5) is 0 Å². The zero-order chi connectivity index (χ0) is 21.0. The molecule has 3 N–H and O–H groups in total. The number of aliphatic hydroxyl groups excluding tert-OH is 1. The van der Waals surface area contributed by atoms with Crippen molar-refractivity contribution >= 4 is 5.97 Å². The van der Waals surface area contributed by atoms with E-state index in [0.29, 0.717) is 48.5 Å². The number of pyridine rings is 1. The van der Waals surface area contributed by atoms with Gasteiger partial charge < -0.3 is 20.3 Å². The van der Waals surface area contributed by atoms with Crippen LogP contribution in [0.5, 0.6) is 0 Å². The highest BCUT2D eigenvalue weighted by Gasteiger charge is 2.37. The van der Waals surface area contributed by atoms with Gasteiger partial charge in [0.15, 0.2) is 0 Å². The minimum absolute atomic E-state index is 0.114. The van der Waals surface area contributed by atoms with E-state index in [1.165, 1.54) is 0 Å². The quantitative estimate of drug-likeness (QED) is 0.536. The summed E-state index contributed by atoms with van der Waals surface area (Å²) in [6.45, 7) is 6.96. The first-order chi connectivity index (χ1) is 13.9. The van der Waals surface area contributed by atoms with Gasteiger partial charge in [0.2, 0.25) is 0 Å². The molecule has 2 heterocycles. The summed E-state index contributed by atoms with van der Waals surface area (Å²) in [4.78, 5) is 26.2. The lowest BCUT2D eigenvalue weighted by Crippen LogP contribution is -2.29. The molecule has 0 aliphatic heterocycles. The second-order valence-electron chi connectivity index (χ2n) is 7.88. The third-order valence-corrected chi connectivity index (χ3v) is 4.91. The molecular weight excluding hydrogens is 372 g/mol. The van der Waals surface area contributed by atoms with Gasteiger partial charge in [0.05, 0.1) is 49.1 Å². The van der Waals surface area contributed by atoms with Crippen LogP contribution in [0.25, 0.3) is 11.3 Å². The van der Waals surface area contributed by atoms with Gasteiger partial charge in [0, 0.05) is 35.8 Å². The fourth-order valence-electron chi connectivity index (χ4n) is 3.82. The number of nitrogens with zero attached hydrogens (tertiary/aromatic N) is 3. The van der Waals surface area contributed by atoms with Gasteiger partial charge in [0.1, 0.15) is 0 Å². The average molecular weight is 400 g/mol. The van der Waals surface area contributed by atoms with Crippen LogP contribution < -0.4 is 5.73 Å². The van der Waals surface area contributed by atoms with E-state index in [0.717, 1.165) is 5.69 Å². The molecular formula is C21H28N4O4. The van der Waals surface area contributed by atoms with Gasteiger partial charge >= 0.3 is 5.97 Å². The van der Waals surface area contributed by atoms with Gasteiger partial charge in [-0.05, 0) is 25.2 Å². The maximum absolute atomic E-state index is 12.9. The van der Waals surface area contributed by atoms with Crippen LogP contribution in [0, 0.1) is 5.41 Å². The second kappa shape index (κ2) is 8.94. The molecule has 0 saturated carbocycles. The number of esters is 1. The summed E-state index contributed by atoms with van der Waals surface area (Å²) < 4.78 is 10.9. The largest absolute Gasteiger partial charge is 0.462 e. The number of hydrogen-bond donors (Lipinski definition) is 2. The van der Waals surface area contributed by atoms with Crippen LogP contribution in [-0.2, 0) is 22.5 Å². The summed E-state index contributed by atoms with van der Waals surface area (Å²) in [5.74, 6) is -0.521. The van der Waals surface area contributed by atoms with E-state index in [9.17, 15) is 9.90 Å². The maximum Gasteiger partial charge on any atom is 0.340 e. The molecule has 8 nitrogen and oxygen atoms in total. The van der Waals surface area contributed by atoms with Gasteiger partial charge in [-0.3, -0.25) is 15.0 Å². The van der Waals surface area contributed by atoms with E-state index < -0.39 is 12.1 Å². The number of aromatic nitrogens is 3. The van der Waals surface area contributed by atoms with E-state index in [1.807, 2.05) is 0 Å². The number of carbonyl (C=O) groups is 1. The van der Waals surface area contributed by atoms with Crippen molar-refractivity contribution in [3.05, 3.63) is 41.1 Å². The molecule has 8 heteroatoms. The number of carbonyl (C=O) groups excluding carboxylic acids is 1. The average Bonchev–Trinajstić information content (AvgIpc) is 2.67. The fourth-order valence-corrected chi connectivity index (χ4v) is 3.82. The Labute approximate surface area is 170 Å². The van der Waals surface area contributed by atoms with Crippen LogP contribution in [0.3, 0.4) is 0 Å². The Bertz CT molecular complexity index is 871. The summed E-state index contributed by atoms with van der Waals surface area (Å²) >= 11 is 0. The predicted octanol–water partition coefficient (Wildman–Crippen LogP) is 2.20. The molecule has 3 rings (SSSR count). The summed E-state index contributed by atoms with van der Waals surface area (Å²) in [5.41, 5.74) is 8.52. The van der Waals surface area contributed by atoms with Crippen molar-refractivity contribution in [2.45, 2.75) is 46.3 Å². The normalized spacial score (nSPS) is 17.6. The monoisotopic (exact) mass is 400 g/mol. The van der Waals surface area contributed by atoms with E-state index in [-0.39, 0.29) is 24.2 Å². The summed E-state index contributed by atoms with van der Waals surface area (Å²) in [7, 11) is 0. The summed E-state index contributed by atoms with van der Waals surface area (Å²) in [6, 6.07) is 0. The van der Waals surface area contributed by atoms with Crippen molar-refractivity contribution in [1.82, 2.24) is 15.0 Å². The highest BCUT2D eigenvalue weighted by Crippen LogP contribution is 2.45. The first kappa shape index (κ1) is 21.3. The molecule has 0 aromatic carbocycles. The lowest BCUT2D eigenvalue weighted by molar-refractivity contribution is 0.0517. The lowest BCUT2D eigenvalue weighted by Gasteiger charge is -2.36. The number of nitrogens with two attached hydrogens (primary N) is 1. The molecule has 29 heavy (non-hydrogen) atoms. The lowest BCUT2D eigenvalue weighted by atomic mass is 9.73. The van der Waals surface area contributed by atoms with Crippen LogP contribution in [-0.4, -0.2) is 45.8 Å². The van der Waals surface area contributed by atoms with Crippen molar-refractivity contribution in [2.75, 3.05) is 19.8 Å². The highest BCUT2D eigenvalue weighted by atomic mass is 16.5. The topological polar surface area (TPSA) is 120 Å². The molecule has 1 aliphatic carbocycles. The summed E-state index contributed by atoms with van der Waals surface area (Å²) in [6.07, 6.45) is 5.15. The van der Waals surface area contributed by atoms with Crippen LogP contribution in [0.1, 0.15) is 60.6 Å². The van der Waals surface area contributed by atoms with Gasteiger partial charge in [-0.15, -0.1) is 0 Å². The first-order valence-electron chi connectivity index (χ1n) is 9.83. The summed E-state index contributed by atoms with van der Waals surface area (Å²) in [5, 5.41) is 11.0. The Morgan fingerprint density at radius 3 is 2.83 bits per heavy atom. The molecule has 1 unspecified atom stereocenters. The van der Waals surface area contributed by atoms with Crippen molar-refractivity contribution in [2.24, 2.45) is 11.1 Å². The maximum atomic E-state index is 12.9. The molecule has 1 aliphatic rings. The molecule has 2 aromatic heterocycles. The zero-order valence-corrected chi connectivity index (χ0v) is 17.1. The molecule has 0 saturated heterocycles. The van der Waals surface area contributed by atoms with E-state index >= 15 is 0 Å². The van der Waals surface area contributed by atoms with Crippen LogP contribution in [0.2, 0.25) is 0 Å². The van der Waals surface area contributed by atoms with E-state index in [2.05, 4.69) is 23.8 Å². The Kier molecular flexibility index (Phi) is 6.56. The minimum Gasteiger partial charge on any atom is -0.462 e. The minimum atomic E-state index is -0.773. The number of aliphatic hydroxyl groups is 1. The molecule has 0 bridgehead atoms. The SMILES string of the molecule is CCOC(=O)c1c(COCCN)nc2c(c1-c1cnccn1)C(O)CC(C)(C)C2. The third kappa shape index (κ3) is 4.60. The smallest absolute Gasteiger partial charge is 0.340 e. The predicted molar refractivity (Wildman–Crippen MR) is 107 cm³/mol. The van der Waals surface area contributed by atoms with E-state index in [1.54, 1.807) is 25.5 Å². The third-order valence-electron chi connectivity index (χ3n) is 4.91. The van der Waals surface area contributed by atoms with Gasteiger partial charge in [-0.25, -0.2) is 4.79 Å². The number of rotatable bonds is 7. The molecule has 0 amide bonds. The number of fused-ring (bicyclic) bond motifs is 1. The Hall–Kier alpha value is -2.42. The van der Waals surface area contributed by atoms with Gasteiger partial charge in [0.25, 0.3) is 0 Å². The molecule has 1 atom stereocenters. The van der Waals surface area contributed by atoms with Crippen LogP contribution in [0.15, 0.2) is 18.6 Å². The second-order valence-corrected chi connectivity index (χ2v) is 7.88. The van der Waals surface area contributed by atoms with Crippen LogP contribution >= 0.6 is 0 Å².